The van der Waals surface area contributed by atoms with E-state index in [1.54, 1.807) is 0 Å². The lowest BCUT2D eigenvalue weighted by Gasteiger charge is -2.04. The lowest BCUT2D eigenvalue weighted by Crippen LogP contribution is -2.27. The summed E-state index contributed by atoms with van der Waals surface area (Å²) in [5.41, 5.74) is 0. The van der Waals surface area contributed by atoms with Crippen LogP contribution in [0.2, 0.25) is 0 Å². The summed E-state index contributed by atoms with van der Waals surface area (Å²) < 4.78 is 34.1. The maximum Gasteiger partial charge on any atom is 0.243 e. The fourth-order valence-corrected chi connectivity index (χ4v) is 1.50. The molecule has 1 amide bonds. The summed E-state index contributed by atoms with van der Waals surface area (Å²) in [6.45, 7) is 4.30. The average molecular weight is 277 g/mol. The number of carbonyl (C=O) groups excluding carboxylic acids is 1. The van der Waals surface area contributed by atoms with Gasteiger partial charge in [0.05, 0.1) is 13.6 Å². The quantitative estimate of drug-likeness (QED) is 0.603. The number of aromatic nitrogens is 2. The SMILES string of the molecule is CC(=O)NS(=O)(=O)[O-].CCCCn1cc[n+](C)c1. The highest BCUT2D eigenvalue weighted by Crippen LogP contribution is 1.91. The lowest BCUT2D eigenvalue weighted by atomic mass is 10.3. The number of carbonyl (C=O) groups is 1. The van der Waals surface area contributed by atoms with Gasteiger partial charge in [0.1, 0.15) is 12.4 Å². The Kier molecular flexibility index (Phi) is 7.21. The van der Waals surface area contributed by atoms with E-state index in [0.29, 0.717) is 0 Å². The van der Waals surface area contributed by atoms with E-state index in [0.717, 1.165) is 18.2 Å². The van der Waals surface area contributed by atoms with Crippen LogP contribution in [0.4, 0.5) is 0 Å². The second-order valence-electron chi connectivity index (χ2n) is 3.78. The summed E-state index contributed by atoms with van der Waals surface area (Å²) in [7, 11) is -2.53. The molecule has 1 N–H and O–H groups in total. The van der Waals surface area contributed by atoms with E-state index in [9.17, 15) is 17.8 Å². The Balaban J connectivity index is 0.000000331. The number of hydrogen-bond donors (Lipinski definition) is 1. The van der Waals surface area contributed by atoms with Gasteiger partial charge in [-0.25, -0.2) is 17.6 Å². The minimum atomic E-state index is -4.57. The molecule has 0 aliphatic carbocycles. The van der Waals surface area contributed by atoms with Gasteiger partial charge in [-0.3, -0.25) is 9.52 Å². The van der Waals surface area contributed by atoms with Gasteiger partial charge >= 0.3 is 0 Å². The van der Waals surface area contributed by atoms with Gasteiger partial charge in [0.25, 0.3) is 0 Å². The molecule has 18 heavy (non-hydrogen) atoms. The van der Waals surface area contributed by atoms with Crippen LogP contribution < -0.4 is 9.29 Å². The van der Waals surface area contributed by atoms with E-state index in [2.05, 4.69) is 34.8 Å². The molecule has 7 nitrogen and oxygen atoms in total. The maximum atomic E-state index is 9.77. The summed E-state index contributed by atoms with van der Waals surface area (Å²) in [5.74, 6) is -0.875. The van der Waals surface area contributed by atoms with Crippen molar-refractivity contribution in [2.24, 2.45) is 7.05 Å². The molecule has 0 radical (unpaired) electrons. The zero-order chi connectivity index (χ0) is 14.2. The number of unbranched alkanes of at least 4 members (excludes halogenated alkanes) is 1. The number of rotatable bonds is 4. The molecule has 0 unspecified atom stereocenters. The van der Waals surface area contributed by atoms with Crippen LogP contribution in [-0.2, 0) is 28.7 Å². The number of nitrogens with zero attached hydrogens (tertiary/aromatic N) is 2. The summed E-state index contributed by atoms with van der Waals surface area (Å²) in [6, 6.07) is 0. The molecule has 0 saturated carbocycles. The van der Waals surface area contributed by atoms with E-state index in [4.69, 9.17) is 0 Å². The standard InChI is InChI=1S/C8H15N2.C2H5NO4S/c1-3-4-5-10-7-6-9(2)8-10;1-2(4)3-8(5,6)7/h6-8H,3-5H2,1-2H3;1H3,(H,3,4)(H,5,6,7)/q+1;/p-1. The van der Waals surface area contributed by atoms with Crippen LogP contribution in [0.25, 0.3) is 0 Å². The van der Waals surface area contributed by atoms with Crippen LogP contribution in [-0.4, -0.2) is 23.4 Å². The van der Waals surface area contributed by atoms with Crippen molar-refractivity contribution < 1.29 is 22.3 Å². The highest BCUT2D eigenvalue weighted by atomic mass is 32.2. The number of imidazole rings is 1. The number of amides is 1. The van der Waals surface area contributed by atoms with Crippen LogP contribution in [0.3, 0.4) is 0 Å². The van der Waals surface area contributed by atoms with Crippen molar-refractivity contribution in [3.05, 3.63) is 18.7 Å². The van der Waals surface area contributed by atoms with Gasteiger partial charge < -0.3 is 4.55 Å². The highest BCUT2D eigenvalue weighted by Gasteiger charge is 1.96. The van der Waals surface area contributed by atoms with Crippen LogP contribution in [0.1, 0.15) is 26.7 Å². The fraction of sp³-hybridized carbons (Fsp3) is 0.600. The molecule has 0 bridgehead atoms. The van der Waals surface area contributed by atoms with E-state index < -0.39 is 16.2 Å². The maximum absolute atomic E-state index is 9.77. The molecule has 0 fully saturated rings. The van der Waals surface area contributed by atoms with Crippen molar-refractivity contribution in [3.8, 4) is 0 Å². The topological polar surface area (TPSA) is 95.1 Å². The molecule has 0 saturated heterocycles. The lowest BCUT2D eigenvalue weighted by molar-refractivity contribution is -0.671. The van der Waals surface area contributed by atoms with E-state index in [-0.39, 0.29) is 0 Å². The third-order valence-electron chi connectivity index (χ3n) is 1.86. The predicted octanol–water partition coefficient (Wildman–Crippen LogP) is -0.305. The van der Waals surface area contributed by atoms with Gasteiger partial charge in [-0.05, 0) is 6.42 Å². The zero-order valence-electron chi connectivity index (χ0n) is 10.8. The van der Waals surface area contributed by atoms with Gasteiger partial charge in [-0.1, -0.05) is 13.3 Å². The molecular formula is C10H19N3O4S. The summed E-state index contributed by atoms with van der Waals surface area (Å²) >= 11 is 0. The minimum Gasteiger partial charge on any atom is -0.731 e. The smallest absolute Gasteiger partial charge is 0.243 e. The Morgan fingerprint density at radius 2 is 2.11 bits per heavy atom. The Morgan fingerprint density at radius 3 is 2.39 bits per heavy atom. The fourth-order valence-electron chi connectivity index (χ4n) is 1.15. The first kappa shape index (κ1) is 16.6. The van der Waals surface area contributed by atoms with Crippen molar-refractivity contribution in [3.63, 3.8) is 0 Å². The number of hydrogen-bond acceptors (Lipinski definition) is 4. The van der Waals surface area contributed by atoms with Crippen molar-refractivity contribution in [1.29, 1.82) is 0 Å². The van der Waals surface area contributed by atoms with Crippen molar-refractivity contribution in [2.75, 3.05) is 0 Å². The molecule has 0 aliphatic heterocycles. The highest BCUT2D eigenvalue weighted by molar-refractivity contribution is 7.84. The van der Waals surface area contributed by atoms with Gasteiger partial charge in [0.15, 0.2) is 10.3 Å². The molecule has 0 atom stereocenters. The van der Waals surface area contributed by atoms with Gasteiger partial charge in [0, 0.05) is 6.92 Å². The van der Waals surface area contributed by atoms with Crippen molar-refractivity contribution >= 4 is 16.2 Å². The Hall–Kier alpha value is -1.41. The van der Waals surface area contributed by atoms with Crippen molar-refractivity contribution in [1.82, 2.24) is 9.29 Å². The zero-order valence-corrected chi connectivity index (χ0v) is 11.6. The first-order chi connectivity index (χ1) is 8.24. The Bertz CT molecular complexity index is 467. The second-order valence-corrected chi connectivity index (χ2v) is 4.90. The molecule has 1 heterocycles. The third-order valence-corrected chi connectivity index (χ3v) is 2.40. The van der Waals surface area contributed by atoms with E-state index >= 15 is 0 Å². The molecule has 1 rings (SSSR count). The summed E-state index contributed by atoms with van der Waals surface area (Å²) in [4.78, 5) is 9.77. The number of aryl methyl sites for hydroxylation is 2. The summed E-state index contributed by atoms with van der Waals surface area (Å²) in [6.07, 6.45) is 8.82. The molecule has 0 spiro atoms. The minimum absolute atomic E-state index is 0.875. The largest absolute Gasteiger partial charge is 0.731 e. The van der Waals surface area contributed by atoms with E-state index in [1.165, 1.54) is 12.8 Å². The van der Waals surface area contributed by atoms with Gasteiger partial charge in [-0.2, -0.15) is 0 Å². The first-order valence-corrected chi connectivity index (χ1v) is 6.90. The van der Waals surface area contributed by atoms with Crippen LogP contribution >= 0.6 is 0 Å². The monoisotopic (exact) mass is 277 g/mol. The molecule has 0 aliphatic rings. The molecular weight excluding hydrogens is 258 g/mol. The third kappa shape index (κ3) is 9.79. The summed E-state index contributed by atoms with van der Waals surface area (Å²) in [5, 5.41) is 0. The second kappa shape index (κ2) is 7.83. The predicted molar refractivity (Wildman–Crippen MR) is 64.0 cm³/mol. The van der Waals surface area contributed by atoms with Crippen molar-refractivity contribution in [2.45, 2.75) is 33.2 Å². The Morgan fingerprint density at radius 1 is 1.50 bits per heavy atom. The molecule has 1 aromatic heterocycles. The van der Waals surface area contributed by atoms with Crippen LogP contribution in [0.5, 0.6) is 0 Å². The van der Waals surface area contributed by atoms with Crippen LogP contribution in [0, 0.1) is 0 Å². The molecule has 104 valence electrons. The molecule has 8 heteroatoms. The van der Waals surface area contributed by atoms with Crippen LogP contribution in [0.15, 0.2) is 18.7 Å². The molecule has 0 aromatic carbocycles. The van der Waals surface area contributed by atoms with E-state index in [1.807, 2.05) is 7.05 Å². The average Bonchev–Trinajstić information content (AvgIpc) is 2.58. The normalized spacial score (nSPS) is 10.4. The number of nitrogens with one attached hydrogen (secondary N) is 1. The first-order valence-electron chi connectivity index (χ1n) is 5.49. The van der Waals surface area contributed by atoms with Gasteiger partial charge in [-0.15, -0.1) is 0 Å². The Labute approximate surface area is 107 Å². The molecule has 1 aromatic rings. The van der Waals surface area contributed by atoms with Gasteiger partial charge in [0.2, 0.25) is 12.2 Å².